The lowest BCUT2D eigenvalue weighted by Crippen LogP contribution is -2.18. The van der Waals surface area contributed by atoms with E-state index in [1.165, 1.54) is 11.8 Å². The third-order valence-electron chi connectivity index (χ3n) is 3.22. The van der Waals surface area contributed by atoms with Crippen LogP contribution in [0.15, 0.2) is 23.6 Å². The van der Waals surface area contributed by atoms with E-state index in [9.17, 15) is 4.79 Å². The van der Waals surface area contributed by atoms with Crippen LogP contribution in [0.25, 0.3) is 11.0 Å². The van der Waals surface area contributed by atoms with Crippen molar-refractivity contribution in [3.8, 4) is 0 Å². The van der Waals surface area contributed by atoms with Gasteiger partial charge in [-0.15, -0.1) is 0 Å². The van der Waals surface area contributed by atoms with Gasteiger partial charge in [0.25, 0.3) is 0 Å². The molecule has 1 unspecified atom stereocenters. The smallest absolute Gasteiger partial charge is 0.313 e. The Hall–Kier alpha value is -1.60. The highest BCUT2D eigenvalue weighted by Crippen LogP contribution is 2.28. The Morgan fingerprint density at radius 3 is 2.95 bits per heavy atom. The summed E-state index contributed by atoms with van der Waals surface area (Å²) in [6.45, 7) is 3.10. The molecule has 0 fully saturated rings. The monoisotopic (exact) mass is 308 g/mol. The summed E-state index contributed by atoms with van der Waals surface area (Å²) < 4.78 is 2.12. The predicted octanol–water partition coefficient (Wildman–Crippen LogP) is 2.12. The van der Waals surface area contributed by atoms with Crippen LogP contribution in [0.4, 0.5) is 0 Å². The normalized spacial score (nSPS) is 13.0. The van der Waals surface area contributed by atoms with E-state index in [-0.39, 0.29) is 11.8 Å². The number of rotatable bonds is 7. The molecule has 0 aliphatic carbocycles. The third kappa shape index (κ3) is 3.95. The first kappa shape index (κ1) is 15.8. The van der Waals surface area contributed by atoms with Gasteiger partial charge < -0.3 is 14.6 Å². The quantitative estimate of drug-likeness (QED) is 0.790. The van der Waals surface area contributed by atoms with Gasteiger partial charge in [0.2, 0.25) is 0 Å². The minimum absolute atomic E-state index is 0.0111. The first-order valence-corrected chi connectivity index (χ1v) is 7.79. The van der Waals surface area contributed by atoms with E-state index in [0.29, 0.717) is 0 Å². The minimum Gasteiger partial charge on any atom is -0.481 e. The Labute approximate surface area is 128 Å². The van der Waals surface area contributed by atoms with E-state index in [1.54, 1.807) is 12.4 Å². The maximum absolute atomic E-state index is 10.8. The Bertz CT molecular complexity index is 626. The van der Waals surface area contributed by atoms with Gasteiger partial charge in [-0.2, -0.15) is 0 Å². The van der Waals surface area contributed by atoms with Gasteiger partial charge in [-0.1, -0.05) is 11.8 Å². The molecule has 1 atom stereocenters. The molecule has 21 heavy (non-hydrogen) atoms. The number of carbonyl (C=O) groups is 1. The molecule has 0 spiro atoms. The summed E-state index contributed by atoms with van der Waals surface area (Å²) in [5, 5.41) is 9.62. The number of carboxylic acid groups (broad SMARTS) is 1. The fourth-order valence-corrected chi connectivity index (χ4v) is 2.99. The van der Waals surface area contributed by atoms with Crippen LogP contribution in [0.1, 0.15) is 19.4 Å². The molecule has 7 heteroatoms. The number of nitrogens with zero attached hydrogens (tertiary/aromatic N) is 4. The van der Waals surface area contributed by atoms with Crippen LogP contribution < -0.4 is 0 Å². The number of imidazole rings is 1. The van der Waals surface area contributed by atoms with Crippen LogP contribution in [0.3, 0.4) is 0 Å². The minimum atomic E-state index is -0.835. The van der Waals surface area contributed by atoms with Crippen molar-refractivity contribution in [2.24, 2.45) is 0 Å². The zero-order valence-electron chi connectivity index (χ0n) is 12.5. The Balaban J connectivity index is 2.32. The van der Waals surface area contributed by atoms with Crippen molar-refractivity contribution in [2.75, 3.05) is 26.4 Å². The second kappa shape index (κ2) is 6.91. The lowest BCUT2D eigenvalue weighted by Gasteiger charge is -2.19. The molecule has 0 aromatic carbocycles. The molecule has 0 aliphatic rings. The first-order chi connectivity index (χ1) is 9.99. The predicted molar refractivity (Wildman–Crippen MR) is 83.8 cm³/mol. The maximum Gasteiger partial charge on any atom is 0.313 e. The van der Waals surface area contributed by atoms with Crippen molar-refractivity contribution in [1.82, 2.24) is 19.4 Å². The van der Waals surface area contributed by atoms with Crippen LogP contribution in [0.2, 0.25) is 0 Å². The average Bonchev–Trinajstić information content (AvgIpc) is 2.80. The van der Waals surface area contributed by atoms with Gasteiger partial charge >= 0.3 is 5.97 Å². The van der Waals surface area contributed by atoms with Gasteiger partial charge in [-0.3, -0.25) is 9.78 Å². The zero-order chi connectivity index (χ0) is 15.4. The molecular weight excluding hydrogens is 288 g/mol. The van der Waals surface area contributed by atoms with E-state index < -0.39 is 5.97 Å². The molecule has 2 aromatic rings. The lowest BCUT2D eigenvalue weighted by molar-refractivity contribution is -0.133. The standard InChI is InChI=1S/C14H20N4O2S/c1-10(5-7-17(2)3)18-12-4-6-15-8-11(12)16-14(18)21-9-13(19)20/h4,6,8,10H,5,7,9H2,1-3H3,(H,19,20). The second-order valence-electron chi connectivity index (χ2n) is 5.25. The molecule has 6 nitrogen and oxygen atoms in total. The summed E-state index contributed by atoms with van der Waals surface area (Å²) in [6.07, 6.45) is 4.43. The van der Waals surface area contributed by atoms with E-state index in [0.717, 1.165) is 29.2 Å². The molecule has 0 amide bonds. The van der Waals surface area contributed by atoms with Crippen molar-refractivity contribution in [3.63, 3.8) is 0 Å². The van der Waals surface area contributed by atoms with E-state index in [2.05, 4.69) is 26.4 Å². The number of hydrogen-bond acceptors (Lipinski definition) is 5. The fourth-order valence-electron chi connectivity index (χ4n) is 2.16. The van der Waals surface area contributed by atoms with E-state index in [1.807, 2.05) is 20.2 Å². The number of carboxylic acids is 1. The highest BCUT2D eigenvalue weighted by Gasteiger charge is 2.17. The molecule has 1 N–H and O–H groups in total. The first-order valence-electron chi connectivity index (χ1n) is 6.80. The van der Waals surface area contributed by atoms with E-state index >= 15 is 0 Å². The van der Waals surface area contributed by atoms with Gasteiger partial charge in [0.05, 0.1) is 17.5 Å². The van der Waals surface area contributed by atoms with Gasteiger partial charge in [0.15, 0.2) is 5.16 Å². The Morgan fingerprint density at radius 1 is 1.52 bits per heavy atom. The lowest BCUT2D eigenvalue weighted by atomic mass is 10.2. The van der Waals surface area contributed by atoms with Crippen molar-refractivity contribution in [2.45, 2.75) is 24.5 Å². The van der Waals surface area contributed by atoms with Gasteiger partial charge in [0.1, 0.15) is 5.52 Å². The number of aromatic nitrogens is 3. The zero-order valence-corrected chi connectivity index (χ0v) is 13.3. The Kier molecular flexibility index (Phi) is 5.19. The fraction of sp³-hybridized carbons (Fsp3) is 0.500. The summed E-state index contributed by atoms with van der Waals surface area (Å²) >= 11 is 1.25. The second-order valence-corrected chi connectivity index (χ2v) is 6.19. The van der Waals surface area contributed by atoms with E-state index in [4.69, 9.17) is 5.11 Å². The number of pyridine rings is 1. The van der Waals surface area contributed by atoms with Crippen molar-refractivity contribution in [1.29, 1.82) is 0 Å². The topological polar surface area (TPSA) is 71.2 Å². The molecule has 2 heterocycles. The SMILES string of the molecule is CC(CCN(C)C)n1c(SCC(=O)O)nc2cnccc21. The molecule has 114 valence electrons. The summed E-state index contributed by atoms with van der Waals surface area (Å²) in [6, 6.07) is 2.18. The van der Waals surface area contributed by atoms with Crippen LogP contribution >= 0.6 is 11.8 Å². The summed E-state index contributed by atoms with van der Waals surface area (Å²) in [5.41, 5.74) is 1.81. The average molecular weight is 308 g/mol. The molecule has 0 saturated carbocycles. The van der Waals surface area contributed by atoms with Gasteiger partial charge in [-0.25, -0.2) is 4.98 Å². The summed E-state index contributed by atoms with van der Waals surface area (Å²) in [4.78, 5) is 21.6. The van der Waals surface area contributed by atoms with Gasteiger partial charge in [-0.05, 0) is 40.1 Å². The van der Waals surface area contributed by atoms with Crippen LogP contribution in [-0.2, 0) is 4.79 Å². The number of thioether (sulfide) groups is 1. The largest absolute Gasteiger partial charge is 0.481 e. The number of aliphatic carboxylic acids is 1. The summed E-state index contributed by atoms with van der Waals surface area (Å²) in [5.74, 6) is -0.824. The highest BCUT2D eigenvalue weighted by molar-refractivity contribution is 7.99. The van der Waals surface area contributed by atoms with Gasteiger partial charge in [0, 0.05) is 12.2 Å². The summed E-state index contributed by atoms with van der Waals surface area (Å²) in [7, 11) is 4.09. The molecule has 2 rings (SSSR count). The van der Waals surface area contributed by atoms with Crippen LogP contribution in [-0.4, -0.2) is 56.9 Å². The molecular formula is C14H20N4O2S. The molecule has 2 aromatic heterocycles. The third-order valence-corrected chi connectivity index (χ3v) is 4.16. The molecule has 0 saturated heterocycles. The maximum atomic E-state index is 10.8. The van der Waals surface area contributed by atoms with Crippen molar-refractivity contribution < 1.29 is 9.90 Å². The molecule has 0 aliphatic heterocycles. The van der Waals surface area contributed by atoms with Crippen molar-refractivity contribution in [3.05, 3.63) is 18.5 Å². The van der Waals surface area contributed by atoms with Crippen molar-refractivity contribution >= 4 is 28.8 Å². The highest BCUT2D eigenvalue weighted by atomic mass is 32.2. The van der Waals surface area contributed by atoms with Crippen LogP contribution in [0.5, 0.6) is 0 Å². The number of fused-ring (bicyclic) bond motifs is 1. The van der Waals surface area contributed by atoms with Crippen LogP contribution in [0, 0.1) is 0 Å². The Morgan fingerprint density at radius 2 is 2.29 bits per heavy atom. The molecule has 0 bridgehead atoms. The number of hydrogen-bond donors (Lipinski definition) is 1. The molecule has 0 radical (unpaired) electrons.